The maximum atomic E-state index is 11.5. The van der Waals surface area contributed by atoms with Crippen LogP contribution in [0.5, 0.6) is 0 Å². The zero-order chi connectivity index (χ0) is 12.6. The average molecular weight is 242 g/mol. The van der Waals surface area contributed by atoms with Crippen LogP contribution in [-0.4, -0.2) is 29.8 Å². The molecule has 4 nitrogen and oxygen atoms in total. The molecule has 1 rings (SSSR count). The van der Waals surface area contributed by atoms with Crippen LogP contribution in [0.2, 0.25) is 0 Å². The highest BCUT2D eigenvalue weighted by Gasteiger charge is 2.28. The van der Waals surface area contributed by atoms with Crippen LogP contribution in [0.25, 0.3) is 0 Å². The highest BCUT2D eigenvalue weighted by molar-refractivity contribution is 5.73. The van der Waals surface area contributed by atoms with Crippen molar-refractivity contribution in [2.45, 2.75) is 63.9 Å². The van der Waals surface area contributed by atoms with Crippen LogP contribution in [0.3, 0.4) is 0 Å². The van der Waals surface area contributed by atoms with Gasteiger partial charge < -0.3 is 15.7 Å². The minimum Gasteiger partial charge on any atom is -0.388 e. The van der Waals surface area contributed by atoms with Gasteiger partial charge in [0.05, 0.1) is 5.60 Å². The topological polar surface area (TPSA) is 61.4 Å². The monoisotopic (exact) mass is 242 g/mol. The second kappa shape index (κ2) is 7.54. The van der Waals surface area contributed by atoms with Crippen molar-refractivity contribution < 1.29 is 9.90 Å². The van der Waals surface area contributed by atoms with E-state index in [0.717, 1.165) is 38.5 Å². The molecule has 3 N–H and O–H groups in total. The minimum atomic E-state index is -0.682. The zero-order valence-electron chi connectivity index (χ0n) is 10.9. The van der Waals surface area contributed by atoms with Crippen LogP contribution in [0.15, 0.2) is 0 Å². The quantitative estimate of drug-likeness (QED) is 0.511. The number of hydrogen-bond acceptors (Lipinski definition) is 2. The molecule has 1 saturated carbocycles. The summed E-state index contributed by atoms with van der Waals surface area (Å²) in [7, 11) is 0. The van der Waals surface area contributed by atoms with Gasteiger partial charge in [-0.1, -0.05) is 39.0 Å². The van der Waals surface area contributed by atoms with Crippen molar-refractivity contribution in [1.29, 1.82) is 0 Å². The van der Waals surface area contributed by atoms with Crippen LogP contribution in [0.4, 0.5) is 4.79 Å². The van der Waals surface area contributed by atoms with Gasteiger partial charge in [0, 0.05) is 13.1 Å². The number of hydrogen-bond donors (Lipinski definition) is 3. The first-order chi connectivity index (χ1) is 8.16. The molecule has 1 fully saturated rings. The SMILES string of the molecule is CCCCNC(=O)NCC1(O)CCCCCC1. The number of amides is 2. The summed E-state index contributed by atoms with van der Waals surface area (Å²) in [6, 6.07) is -0.156. The predicted octanol–water partition coefficient (Wildman–Crippen LogP) is 2.17. The molecular weight excluding hydrogens is 216 g/mol. The molecule has 1 aliphatic rings. The van der Waals surface area contributed by atoms with E-state index >= 15 is 0 Å². The van der Waals surface area contributed by atoms with E-state index in [1.54, 1.807) is 0 Å². The molecule has 0 radical (unpaired) electrons. The number of unbranched alkanes of at least 4 members (excludes halogenated alkanes) is 1. The highest BCUT2D eigenvalue weighted by atomic mass is 16.3. The van der Waals surface area contributed by atoms with E-state index in [2.05, 4.69) is 17.6 Å². The fraction of sp³-hybridized carbons (Fsp3) is 0.923. The molecule has 0 aromatic carbocycles. The zero-order valence-corrected chi connectivity index (χ0v) is 10.9. The van der Waals surface area contributed by atoms with E-state index in [4.69, 9.17) is 0 Å². The number of aliphatic hydroxyl groups is 1. The number of carbonyl (C=O) groups is 1. The molecule has 0 atom stereocenters. The molecule has 17 heavy (non-hydrogen) atoms. The van der Waals surface area contributed by atoms with Crippen LogP contribution in [0, 0.1) is 0 Å². The summed E-state index contributed by atoms with van der Waals surface area (Å²) in [4.78, 5) is 11.5. The largest absolute Gasteiger partial charge is 0.388 e. The molecule has 1 aliphatic carbocycles. The van der Waals surface area contributed by atoms with Crippen LogP contribution in [-0.2, 0) is 0 Å². The van der Waals surface area contributed by atoms with Gasteiger partial charge in [-0.15, -0.1) is 0 Å². The maximum absolute atomic E-state index is 11.5. The lowest BCUT2D eigenvalue weighted by Gasteiger charge is -2.26. The third-order valence-corrected chi connectivity index (χ3v) is 3.43. The number of urea groups is 1. The van der Waals surface area contributed by atoms with Gasteiger partial charge in [-0.2, -0.15) is 0 Å². The Hall–Kier alpha value is -0.770. The van der Waals surface area contributed by atoms with Crippen molar-refractivity contribution in [2.75, 3.05) is 13.1 Å². The molecule has 0 heterocycles. The summed E-state index contributed by atoms with van der Waals surface area (Å²) in [5.74, 6) is 0. The molecular formula is C13H26N2O2. The molecule has 2 amide bonds. The summed E-state index contributed by atoms with van der Waals surface area (Å²) < 4.78 is 0. The number of rotatable bonds is 5. The predicted molar refractivity (Wildman–Crippen MR) is 69.0 cm³/mol. The summed E-state index contributed by atoms with van der Waals surface area (Å²) >= 11 is 0. The van der Waals surface area contributed by atoms with Crippen LogP contribution in [0.1, 0.15) is 58.3 Å². The summed E-state index contributed by atoms with van der Waals surface area (Å²) in [6.45, 7) is 3.18. The van der Waals surface area contributed by atoms with Gasteiger partial charge in [-0.05, 0) is 19.3 Å². The van der Waals surface area contributed by atoms with Gasteiger partial charge in [-0.25, -0.2) is 4.79 Å². The molecule has 0 aromatic heterocycles. The Kier molecular flexibility index (Phi) is 6.34. The van der Waals surface area contributed by atoms with E-state index in [0.29, 0.717) is 13.1 Å². The second-order valence-electron chi connectivity index (χ2n) is 5.10. The molecule has 100 valence electrons. The van der Waals surface area contributed by atoms with E-state index in [1.807, 2.05) is 0 Å². The van der Waals surface area contributed by atoms with Crippen molar-refractivity contribution in [3.63, 3.8) is 0 Å². The summed E-state index contributed by atoms with van der Waals surface area (Å²) in [6.07, 6.45) is 8.22. The van der Waals surface area contributed by atoms with Crippen molar-refractivity contribution in [3.8, 4) is 0 Å². The standard InChI is InChI=1S/C13H26N2O2/c1-2-3-10-14-12(16)15-11-13(17)8-6-4-5-7-9-13/h17H,2-11H2,1H3,(H2,14,15,16). The fourth-order valence-corrected chi connectivity index (χ4v) is 2.25. The Morgan fingerprint density at radius 3 is 2.41 bits per heavy atom. The smallest absolute Gasteiger partial charge is 0.314 e. The van der Waals surface area contributed by atoms with Crippen LogP contribution >= 0.6 is 0 Å². The van der Waals surface area contributed by atoms with Gasteiger partial charge in [-0.3, -0.25) is 0 Å². The van der Waals surface area contributed by atoms with E-state index in [9.17, 15) is 9.90 Å². The Balaban J connectivity index is 2.20. The molecule has 0 spiro atoms. The lowest BCUT2D eigenvalue weighted by Crippen LogP contribution is -2.46. The molecule has 0 unspecified atom stereocenters. The number of nitrogens with one attached hydrogen (secondary N) is 2. The fourth-order valence-electron chi connectivity index (χ4n) is 2.25. The van der Waals surface area contributed by atoms with E-state index in [1.165, 1.54) is 12.8 Å². The van der Waals surface area contributed by atoms with Gasteiger partial charge in [0.2, 0.25) is 0 Å². The summed E-state index contributed by atoms with van der Waals surface area (Å²) in [5.41, 5.74) is -0.682. The lowest BCUT2D eigenvalue weighted by atomic mass is 9.95. The van der Waals surface area contributed by atoms with E-state index < -0.39 is 5.60 Å². The normalized spacial score (nSPS) is 19.4. The first-order valence-electron chi connectivity index (χ1n) is 6.90. The maximum Gasteiger partial charge on any atom is 0.314 e. The molecule has 0 aliphatic heterocycles. The van der Waals surface area contributed by atoms with Gasteiger partial charge in [0.1, 0.15) is 0 Å². The Bertz CT molecular complexity index is 223. The molecule has 0 bridgehead atoms. The van der Waals surface area contributed by atoms with Crippen LogP contribution < -0.4 is 10.6 Å². The van der Waals surface area contributed by atoms with Crippen molar-refractivity contribution >= 4 is 6.03 Å². The third kappa shape index (κ3) is 5.91. The molecule has 4 heteroatoms. The Morgan fingerprint density at radius 1 is 1.18 bits per heavy atom. The number of carbonyl (C=O) groups excluding carboxylic acids is 1. The average Bonchev–Trinajstić information content (AvgIpc) is 2.53. The van der Waals surface area contributed by atoms with E-state index in [-0.39, 0.29) is 6.03 Å². The lowest BCUT2D eigenvalue weighted by molar-refractivity contribution is 0.0277. The minimum absolute atomic E-state index is 0.156. The first kappa shape index (κ1) is 14.3. The Morgan fingerprint density at radius 2 is 1.82 bits per heavy atom. The Labute approximate surface area is 104 Å². The first-order valence-corrected chi connectivity index (χ1v) is 6.90. The summed E-state index contributed by atoms with van der Waals surface area (Å²) in [5, 5.41) is 15.9. The molecule has 0 saturated heterocycles. The third-order valence-electron chi connectivity index (χ3n) is 3.43. The second-order valence-corrected chi connectivity index (χ2v) is 5.10. The molecule has 0 aromatic rings. The van der Waals surface area contributed by atoms with Gasteiger partial charge >= 0.3 is 6.03 Å². The van der Waals surface area contributed by atoms with Crippen molar-refractivity contribution in [2.24, 2.45) is 0 Å². The van der Waals surface area contributed by atoms with Crippen molar-refractivity contribution in [1.82, 2.24) is 10.6 Å². The van der Waals surface area contributed by atoms with Gasteiger partial charge in [0.25, 0.3) is 0 Å². The highest BCUT2D eigenvalue weighted by Crippen LogP contribution is 2.26. The van der Waals surface area contributed by atoms with Crippen molar-refractivity contribution in [3.05, 3.63) is 0 Å². The van der Waals surface area contributed by atoms with Gasteiger partial charge in [0.15, 0.2) is 0 Å².